The first-order valence-electron chi connectivity index (χ1n) is 9.25. The van der Waals surface area contributed by atoms with Gasteiger partial charge in [-0.25, -0.2) is 0 Å². The number of carbonyl (C=O) groups excluding carboxylic acids is 2. The maximum atomic E-state index is 12.9. The molecule has 1 heterocycles. The van der Waals surface area contributed by atoms with Gasteiger partial charge in [-0.15, -0.1) is 0 Å². The Kier molecular flexibility index (Phi) is 6.13. The van der Waals surface area contributed by atoms with Crippen LogP contribution in [0.15, 0.2) is 42.5 Å². The highest BCUT2D eigenvalue weighted by atomic mass is 19.4. The van der Waals surface area contributed by atoms with Crippen LogP contribution in [0.4, 0.5) is 18.9 Å². The van der Waals surface area contributed by atoms with Crippen molar-refractivity contribution in [2.24, 2.45) is 5.73 Å². The lowest BCUT2D eigenvalue weighted by atomic mass is 10.1. The van der Waals surface area contributed by atoms with Crippen molar-refractivity contribution in [1.82, 2.24) is 4.90 Å². The van der Waals surface area contributed by atoms with Crippen molar-refractivity contribution in [2.45, 2.75) is 19.1 Å². The van der Waals surface area contributed by atoms with E-state index in [-0.39, 0.29) is 5.56 Å². The number of rotatable bonds is 3. The van der Waals surface area contributed by atoms with Crippen LogP contribution in [-0.4, -0.2) is 43.0 Å². The Morgan fingerprint density at radius 3 is 2.30 bits per heavy atom. The van der Waals surface area contributed by atoms with E-state index < -0.39 is 37.5 Å². The highest BCUT2D eigenvalue weighted by Gasteiger charge is 2.33. The number of nitrogens with zero attached hydrogens (tertiary/aromatic N) is 2. The molecule has 5 nitrogen and oxygen atoms in total. The van der Waals surface area contributed by atoms with Crippen LogP contribution in [-0.2, 0) is 11.3 Å². The molecule has 1 aliphatic rings. The van der Waals surface area contributed by atoms with Crippen LogP contribution in [0, 0.1) is 11.8 Å². The molecule has 0 spiro atoms. The smallest absolute Gasteiger partial charge is 0.329 e. The third kappa shape index (κ3) is 4.99. The number of hydrogen-bond donors (Lipinski definition) is 1. The van der Waals surface area contributed by atoms with Crippen LogP contribution in [0.25, 0.3) is 0 Å². The molecule has 0 bridgehead atoms. The van der Waals surface area contributed by atoms with E-state index in [1.165, 1.54) is 18.0 Å². The monoisotopic (exact) mass is 415 g/mol. The highest BCUT2D eigenvalue weighted by molar-refractivity contribution is 6.09. The van der Waals surface area contributed by atoms with Gasteiger partial charge in [-0.1, -0.05) is 24.0 Å². The Morgan fingerprint density at radius 2 is 1.67 bits per heavy atom. The van der Waals surface area contributed by atoms with Crippen LogP contribution in [0.5, 0.6) is 0 Å². The first-order valence-corrected chi connectivity index (χ1v) is 9.25. The number of carbonyl (C=O) groups is 2. The fourth-order valence-corrected chi connectivity index (χ4v) is 3.03. The van der Waals surface area contributed by atoms with E-state index in [0.29, 0.717) is 17.8 Å². The summed E-state index contributed by atoms with van der Waals surface area (Å²) in [4.78, 5) is 27.4. The van der Waals surface area contributed by atoms with Gasteiger partial charge in [0.2, 0.25) is 5.91 Å². The number of alkyl halides is 3. The zero-order valence-corrected chi connectivity index (χ0v) is 16.3. The topological polar surface area (TPSA) is 66.6 Å². The second-order valence-electron chi connectivity index (χ2n) is 6.93. The Balaban J connectivity index is 1.91. The highest BCUT2D eigenvalue weighted by Crippen LogP contribution is 2.27. The van der Waals surface area contributed by atoms with Gasteiger partial charge in [0, 0.05) is 31.3 Å². The predicted molar refractivity (Wildman–Crippen MR) is 107 cm³/mol. The van der Waals surface area contributed by atoms with Crippen molar-refractivity contribution < 1.29 is 22.8 Å². The summed E-state index contributed by atoms with van der Waals surface area (Å²) < 4.78 is 37.9. The first-order chi connectivity index (χ1) is 14.2. The second kappa shape index (κ2) is 8.59. The average Bonchev–Trinajstić information content (AvgIpc) is 2.81. The Bertz CT molecular complexity index is 1020. The van der Waals surface area contributed by atoms with Gasteiger partial charge in [-0.2, -0.15) is 13.2 Å². The summed E-state index contributed by atoms with van der Waals surface area (Å²) in [6, 6.07) is 12.1. The van der Waals surface area contributed by atoms with Gasteiger partial charge < -0.3 is 15.5 Å². The van der Waals surface area contributed by atoms with Gasteiger partial charge >= 0.3 is 6.18 Å². The minimum absolute atomic E-state index is 0.149. The summed E-state index contributed by atoms with van der Waals surface area (Å²) in [6.07, 6.45) is -5.60. The normalized spacial score (nSPS) is 14.2. The van der Waals surface area contributed by atoms with Gasteiger partial charge in [0.05, 0.1) is 17.7 Å². The van der Waals surface area contributed by atoms with Crippen molar-refractivity contribution in [1.29, 1.82) is 0 Å². The van der Waals surface area contributed by atoms with Crippen LogP contribution in [0.2, 0.25) is 0 Å². The van der Waals surface area contributed by atoms with E-state index in [9.17, 15) is 22.8 Å². The summed E-state index contributed by atoms with van der Waals surface area (Å²) in [6.45, 7) is -0.558. The van der Waals surface area contributed by atoms with Gasteiger partial charge in [0.1, 0.15) is 6.54 Å². The molecule has 0 unspecified atom stereocenters. The Labute approximate surface area is 172 Å². The lowest BCUT2D eigenvalue weighted by Crippen LogP contribution is -2.39. The molecule has 2 aromatic carbocycles. The molecule has 2 aromatic rings. The molecule has 0 atom stereocenters. The van der Waals surface area contributed by atoms with Crippen molar-refractivity contribution in [2.75, 3.05) is 25.0 Å². The number of likely N-dealkylation sites (N-methyl/N-ethyl adjacent to an activating group) is 1. The average molecular weight is 415 g/mol. The van der Waals surface area contributed by atoms with E-state index >= 15 is 0 Å². The molecule has 3 rings (SSSR count). The second-order valence-corrected chi connectivity index (χ2v) is 6.93. The molecule has 0 radical (unpaired) electrons. The zero-order valence-electron chi connectivity index (χ0n) is 16.3. The summed E-state index contributed by atoms with van der Waals surface area (Å²) in [5.74, 6) is 4.85. The molecular formula is C22H20F3N3O2. The quantitative estimate of drug-likeness (QED) is 0.784. The largest absolute Gasteiger partial charge is 0.390 e. The number of benzene rings is 2. The van der Waals surface area contributed by atoms with Crippen LogP contribution in [0.1, 0.15) is 33.5 Å². The van der Waals surface area contributed by atoms with Gasteiger partial charge in [0.25, 0.3) is 5.91 Å². The Hall–Kier alpha value is -3.31. The summed E-state index contributed by atoms with van der Waals surface area (Å²) >= 11 is 0. The number of nitrogens with two attached hydrogens (primary N) is 1. The lowest BCUT2D eigenvalue weighted by Gasteiger charge is -2.20. The number of hydrogen-bond acceptors (Lipinski definition) is 3. The van der Waals surface area contributed by atoms with E-state index in [2.05, 4.69) is 11.8 Å². The molecule has 1 aliphatic heterocycles. The minimum atomic E-state index is -4.42. The summed E-state index contributed by atoms with van der Waals surface area (Å²) in [7, 11) is 1.49. The number of fused-ring (bicyclic) bond motifs is 1. The molecule has 30 heavy (non-hydrogen) atoms. The fraction of sp³-hybridized carbons (Fsp3) is 0.273. The third-order valence-electron chi connectivity index (χ3n) is 4.78. The van der Waals surface area contributed by atoms with E-state index in [1.807, 2.05) is 24.3 Å². The van der Waals surface area contributed by atoms with Crippen LogP contribution in [0.3, 0.4) is 0 Å². The fourth-order valence-electron chi connectivity index (χ4n) is 3.03. The third-order valence-corrected chi connectivity index (χ3v) is 4.78. The lowest BCUT2D eigenvalue weighted by molar-refractivity contribution is -0.138. The van der Waals surface area contributed by atoms with Crippen molar-refractivity contribution in [3.05, 3.63) is 64.7 Å². The summed E-state index contributed by atoms with van der Waals surface area (Å²) in [5, 5.41) is 0. The molecule has 0 fully saturated rings. The molecule has 0 saturated heterocycles. The molecule has 0 aliphatic carbocycles. The SMILES string of the molecule is CN1C(=O)CN(CCC(F)(F)F)C(=O)c2cc(C#Cc3ccc(CN)cc3)ccc21. The van der Waals surface area contributed by atoms with Crippen LogP contribution < -0.4 is 10.6 Å². The zero-order chi connectivity index (χ0) is 21.9. The van der Waals surface area contributed by atoms with Crippen molar-refractivity contribution >= 4 is 17.5 Å². The number of amides is 2. The van der Waals surface area contributed by atoms with E-state index in [1.54, 1.807) is 12.1 Å². The van der Waals surface area contributed by atoms with Crippen LogP contribution >= 0.6 is 0 Å². The first kappa shape index (κ1) is 21.4. The standard InChI is InChI=1S/C22H20F3N3O2/c1-27-19-9-8-16(5-2-15-3-6-17(13-26)7-4-15)12-18(19)21(30)28(14-20(27)29)11-10-22(23,24)25/h3-4,6-9,12H,10-11,13-14,26H2,1H3. The molecule has 8 heteroatoms. The maximum Gasteiger partial charge on any atom is 0.390 e. The molecule has 2 amide bonds. The van der Waals surface area contributed by atoms with Gasteiger partial charge in [-0.3, -0.25) is 9.59 Å². The predicted octanol–water partition coefficient (Wildman–Crippen LogP) is 2.92. The number of anilines is 1. The summed E-state index contributed by atoms with van der Waals surface area (Å²) in [5.41, 5.74) is 8.31. The molecule has 156 valence electrons. The van der Waals surface area contributed by atoms with Gasteiger partial charge in [-0.05, 0) is 35.9 Å². The molecule has 0 saturated carbocycles. The molecule has 2 N–H and O–H groups in total. The molecule has 0 aromatic heterocycles. The van der Waals surface area contributed by atoms with E-state index in [4.69, 9.17) is 5.73 Å². The molecular weight excluding hydrogens is 395 g/mol. The minimum Gasteiger partial charge on any atom is -0.329 e. The van der Waals surface area contributed by atoms with Crippen molar-refractivity contribution in [3.8, 4) is 11.8 Å². The Morgan fingerprint density at radius 1 is 1.03 bits per heavy atom. The number of halogens is 3. The van der Waals surface area contributed by atoms with E-state index in [0.717, 1.165) is 16.0 Å². The van der Waals surface area contributed by atoms with Crippen molar-refractivity contribution in [3.63, 3.8) is 0 Å². The van der Waals surface area contributed by atoms with Gasteiger partial charge in [0.15, 0.2) is 0 Å². The maximum absolute atomic E-state index is 12.9.